The lowest BCUT2D eigenvalue weighted by molar-refractivity contribution is 0.710. The summed E-state index contributed by atoms with van der Waals surface area (Å²) < 4.78 is 2.27. The van der Waals surface area contributed by atoms with Crippen molar-refractivity contribution >= 4 is 16.6 Å². The molecule has 8 aromatic rings. The van der Waals surface area contributed by atoms with Gasteiger partial charge in [0.1, 0.15) is 5.82 Å². The third kappa shape index (κ3) is 6.12. The first-order chi connectivity index (χ1) is 26.8. The molecular formula is C52H40N2. The summed E-state index contributed by atoms with van der Waals surface area (Å²) in [7, 11) is 0. The fourth-order valence-electron chi connectivity index (χ4n) is 8.15. The summed E-state index contributed by atoms with van der Waals surface area (Å²) in [5.74, 6) is 1.18. The van der Waals surface area contributed by atoms with Gasteiger partial charge in [-0.1, -0.05) is 200 Å². The quantitative estimate of drug-likeness (QED) is 0.138. The van der Waals surface area contributed by atoms with Crippen LogP contribution in [0.25, 0.3) is 33.7 Å². The van der Waals surface area contributed by atoms with Gasteiger partial charge in [0.05, 0.1) is 16.4 Å². The molecule has 1 aliphatic rings. The van der Waals surface area contributed by atoms with Crippen molar-refractivity contribution < 1.29 is 0 Å². The first-order valence-electron chi connectivity index (χ1n) is 18.8. The summed E-state index contributed by atoms with van der Waals surface area (Å²) in [6.45, 7) is 0. The molecular weight excluding hydrogens is 653 g/mol. The van der Waals surface area contributed by atoms with Crippen LogP contribution in [0.2, 0.25) is 0 Å². The van der Waals surface area contributed by atoms with Crippen LogP contribution in [0.3, 0.4) is 0 Å². The lowest BCUT2D eigenvalue weighted by Crippen LogP contribution is -2.32. The highest BCUT2D eigenvalue weighted by molar-refractivity contribution is 5.83. The summed E-state index contributed by atoms with van der Waals surface area (Å²) >= 11 is 0. The number of benzene rings is 7. The Hall–Kier alpha value is -6.77. The second-order valence-corrected chi connectivity index (χ2v) is 13.9. The fraction of sp³-hybridized carbons (Fsp3) is 0.0577. The molecule has 54 heavy (non-hydrogen) atoms. The number of hydrogen-bond acceptors (Lipinski definition) is 1. The Morgan fingerprint density at radius 3 is 1.59 bits per heavy atom. The highest BCUT2D eigenvalue weighted by atomic mass is 15.1. The van der Waals surface area contributed by atoms with Crippen LogP contribution in [-0.2, 0) is 5.41 Å². The SMILES string of the molecule is C1=CC(C=C(c2ccccc2)c2ccccc2)CC=C1C(c1ccccc1)(c1ccccc1)c1ccc(-c2nc3ccccc3n2-c2ccccc2)cc1. The van der Waals surface area contributed by atoms with Crippen LogP contribution >= 0.6 is 0 Å². The third-order valence-electron chi connectivity index (χ3n) is 10.7. The van der Waals surface area contributed by atoms with Gasteiger partial charge in [0, 0.05) is 11.3 Å². The Kier molecular flexibility index (Phi) is 9.00. The van der Waals surface area contributed by atoms with E-state index >= 15 is 0 Å². The van der Waals surface area contributed by atoms with Crippen molar-refractivity contribution in [2.24, 2.45) is 5.92 Å². The summed E-state index contributed by atoms with van der Waals surface area (Å²) in [6, 6.07) is 71.5. The highest BCUT2D eigenvalue weighted by Gasteiger charge is 2.39. The second kappa shape index (κ2) is 14.7. The van der Waals surface area contributed by atoms with E-state index in [-0.39, 0.29) is 5.92 Å². The Labute approximate surface area is 317 Å². The Bertz CT molecular complexity index is 2500. The number of rotatable bonds is 9. The van der Waals surface area contributed by atoms with Gasteiger partial charge >= 0.3 is 0 Å². The minimum Gasteiger partial charge on any atom is -0.292 e. The molecule has 0 spiro atoms. The van der Waals surface area contributed by atoms with E-state index in [1.165, 1.54) is 39.0 Å². The van der Waals surface area contributed by atoms with Gasteiger partial charge in [-0.15, -0.1) is 0 Å². The lowest BCUT2D eigenvalue weighted by atomic mass is 9.63. The molecule has 0 radical (unpaired) electrons. The molecule has 0 saturated carbocycles. The standard InChI is InChI=1S/C52H40N2/c1-6-18-40(19-7-1)48(41-20-8-2-9-21-41)38-39-30-34-45(35-31-39)52(43-22-10-3-11-23-43,44-24-12-4-13-25-44)46-36-32-42(33-37-46)51-53-49-28-16-17-29-50(49)54(51)47-26-14-5-15-27-47/h1-30,32-39H,31H2. The summed E-state index contributed by atoms with van der Waals surface area (Å²) in [4.78, 5) is 5.17. The average molecular weight is 693 g/mol. The predicted molar refractivity (Wildman–Crippen MR) is 225 cm³/mol. The minimum atomic E-state index is -0.534. The van der Waals surface area contributed by atoms with Crippen LogP contribution in [0, 0.1) is 5.92 Å². The molecule has 2 heteroatoms. The van der Waals surface area contributed by atoms with Crippen molar-refractivity contribution in [1.29, 1.82) is 0 Å². The van der Waals surface area contributed by atoms with Crippen molar-refractivity contribution in [3.8, 4) is 17.1 Å². The molecule has 7 aromatic carbocycles. The molecule has 258 valence electrons. The van der Waals surface area contributed by atoms with Gasteiger partial charge in [0.15, 0.2) is 0 Å². The smallest absolute Gasteiger partial charge is 0.145 e. The number of nitrogens with zero attached hydrogens (tertiary/aromatic N) is 2. The molecule has 1 aromatic heterocycles. The number of hydrogen-bond donors (Lipinski definition) is 0. The van der Waals surface area contributed by atoms with Crippen LogP contribution in [0.15, 0.2) is 230 Å². The first-order valence-corrected chi connectivity index (χ1v) is 18.8. The van der Waals surface area contributed by atoms with Crippen molar-refractivity contribution in [2.45, 2.75) is 11.8 Å². The molecule has 0 bridgehead atoms. The third-order valence-corrected chi connectivity index (χ3v) is 10.7. The van der Waals surface area contributed by atoms with E-state index in [9.17, 15) is 0 Å². The van der Waals surface area contributed by atoms with Crippen LogP contribution in [0.5, 0.6) is 0 Å². The van der Waals surface area contributed by atoms with Gasteiger partial charge in [-0.05, 0) is 75.6 Å². The van der Waals surface area contributed by atoms with Crippen LogP contribution in [0.4, 0.5) is 0 Å². The zero-order chi connectivity index (χ0) is 36.2. The van der Waals surface area contributed by atoms with E-state index in [0.29, 0.717) is 0 Å². The molecule has 0 amide bonds. The van der Waals surface area contributed by atoms with Gasteiger partial charge in [0.2, 0.25) is 0 Å². The molecule has 0 N–H and O–H groups in total. The van der Waals surface area contributed by atoms with Gasteiger partial charge in [-0.2, -0.15) is 0 Å². The maximum absolute atomic E-state index is 5.17. The number of allylic oxidation sites excluding steroid dienone is 5. The van der Waals surface area contributed by atoms with E-state index in [0.717, 1.165) is 34.5 Å². The largest absolute Gasteiger partial charge is 0.292 e. The molecule has 9 rings (SSSR count). The molecule has 1 aliphatic carbocycles. The van der Waals surface area contributed by atoms with E-state index in [4.69, 9.17) is 4.98 Å². The number of imidazole rings is 1. The summed E-state index contributed by atoms with van der Waals surface area (Å²) in [6.07, 6.45) is 10.6. The molecule has 2 nitrogen and oxygen atoms in total. The molecule has 1 atom stereocenters. The van der Waals surface area contributed by atoms with E-state index in [1.807, 2.05) is 0 Å². The summed E-state index contributed by atoms with van der Waals surface area (Å²) in [5, 5.41) is 0. The highest BCUT2D eigenvalue weighted by Crippen LogP contribution is 2.48. The van der Waals surface area contributed by atoms with E-state index in [2.05, 4.69) is 229 Å². The van der Waals surface area contributed by atoms with E-state index in [1.54, 1.807) is 0 Å². The Morgan fingerprint density at radius 1 is 0.537 bits per heavy atom. The van der Waals surface area contributed by atoms with Crippen LogP contribution in [-0.4, -0.2) is 9.55 Å². The van der Waals surface area contributed by atoms with Crippen molar-refractivity contribution in [3.63, 3.8) is 0 Å². The zero-order valence-corrected chi connectivity index (χ0v) is 30.0. The summed E-state index contributed by atoms with van der Waals surface area (Å²) in [5.41, 5.74) is 12.4. The number of aromatic nitrogens is 2. The predicted octanol–water partition coefficient (Wildman–Crippen LogP) is 12.7. The van der Waals surface area contributed by atoms with Crippen LogP contribution in [0.1, 0.15) is 34.2 Å². The fourth-order valence-corrected chi connectivity index (χ4v) is 8.15. The first kappa shape index (κ1) is 33.1. The Morgan fingerprint density at radius 2 is 1.04 bits per heavy atom. The van der Waals surface area contributed by atoms with Crippen molar-refractivity contribution in [2.75, 3.05) is 0 Å². The molecule has 0 aliphatic heterocycles. The molecule has 1 heterocycles. The molecule has 1 unspecified atom stereocenters. The van der Waals surface area contributed by atoms with Crippen molar-refractivity contribution in [1.82, 2.24) is 9.55 Å². The maximum Gasteiger partial charge on any atom is 0.145 e. The van der Waals surface area contributed by atoms with Gasteiger partial charge in [0.25, 0.3) is 0 Å². The Balaban J connectivity index is 1.17. The number of para-hydroxylation sites is 3. The van der Waals surface area contributed by atoms with Crippen LogP contribution < -0.4 is 0 Å². The second-order valence-electron chi connectivity index (χ2n) is 13.9. The van der Waals surface area contributed by atoms with Gasteiger partial charge < -0.3 is 0 Å². The topological polar surface area (TPSA) is 17.8 Å². The van der Waals surface area contributed by atoms with Gasteiger partial charge in [-0.3, -0.25) is 4.57 Å². The van der Waals surface area contributed by atoms with Gasteiger partial charge in [-0.25, -0.2) is 4.98 Å². The lowest BCUT2D eigenvalue weighted by Gasteiger charge is -2.39. The van der Waals surface area contributed by atoms with E-state index < -0.39 is 5.41 Å². The number of fused-ring (bicyclic) bond motifs is 1. The average Bonchev–Trinajstić information content (AvgIpc) is 3.65. The molecule has 0 saturated heterocycles. The maximum atomic E-state index is 5.17. The normalized spacial score (nSPS) is 14.1. The van der Waals surface area contributed by atoms with Crippen molar-refractivity contribution in [3.05, 3.63) is 258 Å². The molecule has 0 fully saturated rings. The minimum absolute atomic E-state index is 0.252. The monoisotopic (exact) mass is 692 g/mol. The zero-order valence-electron chi connectivity index (χ0n) is 30.0.